The summed E-state index contributed by atoms with van der Waals surface area (Å²) in [7, 11) is 0. The van der Waals surface area contributed by atoms with E-state index in [0.29, 0.717) is 0 Å². The Morgan fingerprint density at radius 3 is 2.44 bits per heavy atom. The molecule has 9 heavy (non-hydrogen) atoms. The zero-order valence-corrected chi connectivity index (χ0v) is 8.26. The Hall–Kier alpha value is 1.09. The van der Waals surface area contributed by atoms with Gasteiger partial charge in [-0.05, 0) is 6.42 Å². The molecule has 0 unspecified atom stereocenters. The average molecular weight is 184 g/mol. The van der Waals surface area contributed by atoms with Crippen LogP contribution < -0.4 is 0 Å². The lowest BCUT2D eigenvalue weighted by molar-refractivity contribution is 0.352. The molecule has 0 amide bonds. The first kappa shape index (κ1) is 10.1. The molecule has 56 valence electrons. The first-order valence-corrected chi connectivity index (χ1v) is 6.64. The third kappa shape index (κ3) is 9.09. The van der Waals surface area contributed by atoms with Gasteiger partial charge in [-0.15, -0.1) is 24.5 Å². The average Bonchev–Trinajstić information content (AvgIpc) is 1.80. The molecule has 0 spiro atoms. The molecule has 0 atom stereocenters. The van der Waals surface area contributed by atoms with Crippen LogP contribution in [0.15, 0.2) is 0 Å². The smallest absolute Gasteiger partial charge is 0.145 e. The van der Waals surface area contributed by atoms with Crippen molar-refractivity contribution in [1.82, 2.24) is 0 Å². The molecule has 0 bridgehead atoms. The minimum atomic E-state index is -0.728. The fourth-order valence-electron chi connectivity index (χ4n) is 0.498. The van der Waals surface area contributed by atoms with E-state index in [9.17, 15) is 0 Å². The first-order valence-electron chi connectivity index (χ1n) is 3.08. The molecule has 0 aromatic rings. The van der Waals surface area contributed by atoms with Crippen molar-refractivity contribution in [2.24, 2.45) is 0 Å². The number of thiol groups is 2. The third-order valence-corrected chi connectivity index (χ3v) is 2.06. The molecule has 4 heteroatoms. The van der Waals surface area contributed by atoms with Gasteiger partial charge in [0.15, 0.2) is 0 Å². The van der Waals surface area contributed by atoms with E-state index in [0.717, 1.165) is 13.0 Å². The molecule has 0 heterocycles. The topological polar surface area (TPSA) is 9.23 Å². The van der Waals surface area contributed by atoms with Gasteiger partial charge in [0.2, 0.25) is 0 Å². The highest BCUT2D eigenvalue weighted by atomic mass is 33.1. The summed E-state index contributed by atoms with van der Waals surface area (Å²) in [5.41, 5.74) is 0. The maximum atomic E-state index is 5.14. The zero-order valence-electron chi connectivity index (χ0n) is 5.58. The summed E-state index contributed by atoms with van der Waals surface area (Å²) in [4.78, 5) is 0. The van der Waals surface area contributed by atoms with Crippen LogP contribution in [0.5, 0.6) is 0 Å². The van der Waals surface area contributed by atoms with Gasteiger partial charge in [-0.2, -0.15) is 0 Å². The molecule has 0 saturated carbocycles. The number of unbranched alkanes of at least 4 members (excludes halogenated alkanes) is 2. The molecule has 0 rings (SSSR count). The summed E-state index contributed by atoms with van der Waals surface area (Å²) in [6.07, 6.45) is 3.61. The largest absolute Gasteiger partial charge is 0.339 e. The maximum absolute atomic E-state index is 5.14. The molecule has 0 fully saturated rings. The van der Waals surface area contributed by atoms with E-state index in [1.165, 1.54) is 12.8 Å². The second-order valence-electron chi connectivity index (χ2n) is 1.79. The molecular weight excluding hydrogens is 171 g/mol. The maximum Gasteiger partial charge on any atom is 0.145 e. The van der Waals surface area contributed by atoms with Crippen LogP contribution in [0.4, 0.5) is 0 Å². The van der Waals surface area contributed by atoms with Crippen molar-refractivity contribution in [3.63, 3.8) is 0 Å². The van der Waals surface area contributed by atoms with E-state index in [2.05, 4.69) is 31.4 Å². The van der Waals surface area contributed by atoms with Gasteiger partial charge in [-0.25, -0.2) is 0 Å². The number of hydrogen-bond acceptors (Lipinski definition) is 3. The number of hydrogen-bond donors (Lipinski definition) is 2. The van der Waals surface area contributed by atoms with Crippen LogP contribution >= 0.6 is 31.0 Å². The molecule has 1 nitrogen and oxygen atoms in total. The van der Waals surface area contributed by atoms with Gasteiger partial charge in [0.1, 0.15) is 6.55 Å². The van der Waals surface area contributed by atoms with Crippen LogP contribution in [0.2, 0.25) is 0 Å². The van der Waals surface area contributed by atoms with Crippen LogP contribution in [0.1, 0.15) is 26.2 Å². The Bertz CT molecular complexity index is 60.9. The Labute approximate surface area is 68.7 Å². The van der Waals surface area contributed by atoms with Gasteiger partial charge in [-0.3, -0.25) is 0 Å². The van der Waals surface area contributed by atoms with Crippen molar-refractivity contribution in [3.8, 4) is 0 Å². The monoisotopic (exact) mass is 184 g/mol. The van der Waals surface area contributed by atoms with E-state index in [1.807, 2.05) is 0 Å². The molecule has 0 aromatic carbocycles. The molecule has 0 aliphatic carbocycles. The Kier molecular flexibility index (Phi) is 8.07. The Balaban J connectivity index is 2.75. The Morgan fingerprint density at radius 1 is 1.33 bits per heavy atom. The predicted octanol–water partition coefficient (Wildman–Crippen LogP) is 3.28. The van der Waals surface area contributed by atoms with E-state index < -0.39 is 6.55 Å². The lowest BCUT2D eigenvalue weighted by atomic mass is 10.3. The fraction of sp³-hybridized carbons (Fsp3) is 1.00. The molecule has 0 N–H and O–H groups in total. The van der Waals surface area contributed by atoms with Gasteiger partial charge in [0, 0.05) is 0 Å². The normalized spacial score (nSPS) is 10.7. The zero-order chi connectivity index (χ0) is 7.11. The highest BCUT2D eigenvalue weighted by Gasteiger charge is 1.92. The van der Waals surface area contributed by atoms with Crippen molar-refractivity contribution in [2.45, 2.75) is 26.2 Å². The standard InChI is InChI=1S/C5H13OPS2/c1-2-3-4-5-6-7(8)9/h8-9H,2-5H2,1H3. The summed E-state index contributed by atoms with van der Waals surface area (Å²) in [5, 5.41) is 0. The second kappa shape index (κ2) is 7.20. The first-order chi connectivity index (χ1) is 4.27. The van der Waals surface area contributed by atoms with Crippen LogP contribution in [0.3, 0.4) is 0 Å². The van der Waals surface area contributed by atoms with Crippen LogP contribution in [-0.2, 0) is 4.52 Å². The predicted molar refractivity (Wildman–Crippen MR) is 50.4 cm³/mol. The van der Waals surface area contributed by atoms with Crippen molar-refractivity contribution in [2.75, 3.05) is 6.61 Å². The lowest BCUT2D eigenvalue weighted by Crippen LogP contribution is -1.83. The summed E-state index contributed by atoms with van der Waals surface area (Å²) >= 11 is 8.01. The minimum Gasteiger partial charge on any atom is -0.339 e. The summed E-state index contributed by atoms with van der Waals surface area (Å²) < 4.78 is 5.14. The quantitative estimate of drug-likeness (QED) is 0.379. The molecule has 0 radical (unpaired) electrons. The molecule has 0 saturated heterocycles. The Morgan fingerprint density at radius 2 is 2.00 bits per heavy atom. The van der Waals surface area contributed by atoms with Crippen molar-refractivity contribution >= 4 is 31.0 Å². The molecule has 0 aliphatic heterocycles. The molecule has 0 aliphatic rings. The SMILES string of the molecule is CCCCCOP(S)S. The van der Waals surface area contributed by atoms with Gasteiger partial charge in [0.05, 0.1) is 6.61 Å². The fourth-order valence-corrected chi connectivity index (χ4v) is 1.28. The second-order valence-corrected chi connectivity index (χ2v) is 5.68. The van der Waals surface area contributed by atoms with E-state index >= 15 is 0 Å². The van der Waals surface area contributed by atoms with Gasteiger partial charge in [-0.1, -0.05) is 19.8 Å². The summed E-state index contributed by atoms with van der Waals surface area (Å²) in [6.45, 7) is 2.25. The van der Waals surface area contributed by atoms with Crippen molar-refractivity contribution < 1.29 is 4.52 Å². The van der Waals surface area contributed by atoms with E-state index in [-0.39, 0.29) is 0 Å². The highest BCUT2D eigenvalue weighted by molar-refractivity contribution is 8.76. The van der Waals surface area contributed by atoms with Crippen molar-refractivity contribution in [3.05, 3.63) is 0 Å². The highest BCUT2D eigenvalue weighted by Crippen LogP contribution is 2.46. The molecule has 0 aromatic heterocycles. The summed E-state index contributed by atoms with van der Waals surface area (Å²) in [5.74, 6) is 0. The van der Waals surface area contributed by atoms with Crippen LogP contribution in [-0.4, -0.2) is 6.61 Å². The van der Waals surface area contributed by atoms with Gasteiger partial charge >= 0.3 is 0 Å². The minimum absolute atomic E-state index is 0.728. The van der Waals surface area contributed by atoms with E-state index in [4.69, 9.17) is 4.52 Å². The lowest BCUT2D eigenvalue weighted by Gasteiger charge is -2.02. The molecular formula is C5H13OPS2. The van der Waals surface area contributed by atoms with Crippen LogP contribution in [0, 0.1) is 0 Å². The number of rotatable bonds is 5. The van der Waals surface area contributed by atoms with Crippen LogP contribution in [0.25, 0.3) is 0 Å². The van der Waals surface area contributed by atoms with E-state index in [1.54, 1.807) is 0 Å². The summed E-state index contributed by atoms with van der Waals surface area (Å²) in [6, 6.07) is 0. The van der Waals surface area contributed by atoms with Crippen molar-refractivity contribution in [1.29, 1.82) is 0 Å². The van der Waals surface area contributed by atoms with Gasteiger partial charge < -0.3 is 4.52 Å². The van der Waals surface area contributed by atoms with Gasteiger partial charge in [0.25, 0.3) is 0 Å². The third-order valence-electron chi connectivity index (χ3n) is 0.955.